The van der Waals surface area contributed by atoms with E-state index in [1.807, 2.05) is 37.4 Å². The van der Waals surface area contributed by atoms with Gasteiger partial charge in [-0.25, -0.2) is 4.79 Å². The van der Waals surface area contributed by atoms with Crippen LogP contribution in [0, 0.1) is 5.92 Å². The number of urea groups is 1. The standard InChI is InChI=1S/C16H24N2O2/c1-18(10-7-14-8-11-20-12-9-14)16(19)17-13-15-5-3-2-4-6-15/h2-6,14H,7-13H2,1H3,(H,17,19). The number of ether oxygens (including phenoxy) is 1. The highest BCUT2D eigenvalue weighted by molar-refractivity contribution is 5.73. The number of amides is 2. The number of carbonyl (C=O) groups is 1. The first-order valence-corrected chi connectivity index (χ1v) is 7.36. The van der Waals surface area contributed by atoms with Crippen LogP contribution in [0.4, 0.5) is 4.79 Å². The predicted molar refractivity (Wildman–Crippen MR) is 79.5 cm³/mol. The van der Waals surface area contributed by atoms with Crippen LogP contribution in [0.3, 0.4) is 0 Å². The van der Waals surface area contributed by atoms with Crippen LogP contribution in [0.1, 0.15) is 24.8 Å². The molecule has 1 aliphatic heterocycles. The maximum atomic E-state index is 12.0. The first-order valence-electron chi connectivity index (χ1n) is 7.36. The van der Waals surface area contributed by atoms with Crippen LogP contribution >= 0.6 is 0 Å². The van der Waals surface area contributed by atoms with Gasteiger partial charge < -0.3 is 15.0 Å². The maximum Gasteiger partial charge on any atom is 0.317 e. The zero-order valence-corrected chi connectivity index (χ0v) is 12.2. The summed E-state index contributed by atoms with van der Waals surface area (Å²) in [6, 6.07) is 9.98. The van der Waals surface area contributed by atoms with E-state index < -0.39 is 0 Å². The van der Waals surface area contributed by atoms with Gasteiger partial charge in [-0.05, 0) is 30.7 Å². The molecule has 2 amide bonds. The Morgan fingerprint density at radius 1 is 1.30 bits per heavy atom. The quantitative estimate of drug-likeness (QED) is 0.898. The first kappa shape index (κ1) is 14.9. The van der Waals surface area contributed by atoms with E-state index in [0.717, 1.165) is 44.6 Å². The van der Waals surface area contributed by atoms with Crippen molar-refractivity contribution in [3.63, 3.8) is 0 Å². The number of benzene rings is 1. The monoisotopic (exact) mass is 276 g/mol. The molecule has 1 aromatic carbocycles. The van der Waals surface area contributed by atoms with Gasteiger partial charge >= 0.3 is 6.03 Å². The highest BCUT2D eigenvalue weighted by Gasteiger charge is 2.15. The second-order valence-corrected chi connectivity index (χ2v) is 5.41. The van der Waals surface area contributed by atoms with Gasteiger partial charge in [-0.2, -0.15) is 0 Å². The van der Waals surface area contributed by atoms with Crippen molar-refractivity contribution >= 4 is 6.03 Å². The Morgan fingerprint density at radius 2 is 2.00 bits per heavy atom. The summed E-state index contributed by atoms with van der Waals surface area (Å²) in [4.78, 5) is 13.8. The number of carbonyl (C=O) groups excluding carboxylic acids is 1. The molecule has 0 aromatic heterocycles. The van der Waals surface area contributed by atoms with Crippen molar-refractivity contribution < 1.29 is 9.53 Å². The lowest BCUT2D eigenvalue weighted by atomic mass is 9.96. The van der Waals surface area contributed by atoms with Crippen LogP contribution < -0.4 is 5.32 Å². The molecule has 0 unspecified atom stereocenters. The summed E-state index contributed by atoms with van der Waals surface area (Å²) < 4.78 is 5.35. The van der Waals surface area contributed by atoms with Crippen molar-refractivity contribution in [3.05, 3.63) is 35.9 Å². The minimum absolute atomic E-state index is 0.000845. The Bertz CT molecular complexity index is 402. The number of nitrogens with one attached hydrogen (secondary N) is 1. The zero-order chi connectivity index (χ0) is 14.2. The summed E-state index contributed by atoms with van der Waals surface area (Å²) >= 11 is 0. The maximum absolute atomic E-state index is 12.0. The summed E-state index contributed by atoms with van der Waals surface area (Å²) in [6.45, 7) is 3.13. The van der Waals surface area contributed by atoms with Gasteiger partial charge in [0.1, 0.15) is 0 Å². The smallest absolute Gasteiger partial charge is 0.317 e. The topological polar surface area (TPSA) is 41.6 Å². The van der Waals surface area contributed by atoms with E-state index in [1.165, 1.54) is 0 Å². The van der Waals surface area contributed by atoms with Gasteiger partial charge in [0, 0.05) is 33.4 Å². The molecule has 1 aromatic rings. The Kier molecular flexibility index (Phi) is 5.87. The molecule has 1 N–H and O–H groups in total. The average molecular weight is 276 g/mol. The van der Waals surface area contributed by atoms with Crippen LogP contribution in [0.5, 0.6) is 0 Å². The molecule has 0 atom stereocenters. The number of hydrogen-bond donors (Lipinski definition) is 1. The summed E-state index contributed by atoms with van der Waals surface area (Å²) in [5.74, 6) is 0.702. The number of nitrogens with zero attached hydrogens (tertiary/aromatic N) is 1. The predicted octanol–water partition coefficient (Wildman–Crippen LogP) is 2.64. The van der Waals surface area contributed by atoms with Gasteiger partial charge in [0.15, 0.2) is 0 Å². The van der Waals surface area contributed by atoms with E-state index in [0.29, 0.717) is 12.5 Å². The lowest BCUT2D eigenvalue weighted by molar-refractivity contribution is 0.0619. The van der Waals surface area contributed by atoms with E-state index in [9.17, 15) is 4.79 Å². The van der Waals surface area contributed by atoms with E-state index in [-0.39, 0.29) is 6.03 Å². The van der Waals surface area contributed by atoms with Gasteiger partial charge in [0.25, 0.3) is 0 Å². The fourth-order valence-corrected chi connectivity index (χ4v) is 2.42. The van der Waals surface area contributed by atoms with Crippen molar-refractivity contribution in [2.75, 3.05) is 26.8 Å². The average Bonchev–Trinajstić information content (AvgIpc) is 2.52. The lowest BCUT2D eigenvalue weighted by Gasteiger charge is -2.25. The molecule has 0 saturated carbocycles. The van der Waals surface area contributed by atoms with Crippen LogP contribution in [-0.2, 0) is 11.3 Å². The normalized spacial score (nSPS) is 15.8. The molecule has 20 heavy (non-hydrogen) atoms. The van der Waals surface area contributed by atoms with Gasteiger partial charge in [0.2, 0.25) is 0 Å². The molecule has 1 fully saturated rings. The molecule has 0 spiro atoms. The minimum Gasteiger partial charge on any atom is -0.381 e. The van der Waals surface area contributed by atoms with Gasteiger partial charge in [0.05, 0.1) is 0 Å². The first-order chi connectivity index (χ1) is 9.75. The largest absolute Gasteiger partial charge is 0.381 e. The number of hydrogen-bond acceptors (Lipinski definition) is 2. The minimum atomic E-state index is 0.000845. The molecular weight excluding hydrogens is 252 g/mol. The van der Waals surface area contributed by atoms with E-state index in [4.69, 9.17) is 4.74 Å². The second-order valence-electron chi connectivity index (χ2n) is 5.41. The summed E-state index contributed by atoms with van der Waals surface area (Å²) in [6.07, 6.45) is 3.32. The Balaban J connectivity index is 1.66. The molecule has 1 aliphatic rings. The molecule has 4 nitrogen and oxygen atoms in total. The number of rotatable bonds is 5. The van der Waals surface area contributed by atoms with Crippen LogP contribution in [0.25, 0.3) is 0 Å². The molecular formula is C16H24N2O2. The molecule has 1 heterocycles. The van der Waals surface area contributed by atoms with Crippen molar-refractivity contribution in [3.8, 4) is 0 Å². The third kappa shape index (κ3) is 4.85. The van der Waals surface area contributed by atoms with Gasteiger partial charge in [-0.15, -0.1) is 0 Å². The third-order valence-corrected chi connectivity index (χ3v) is 3.85. The van der Waals surface area contributed by atoms with Crippen LogP contribution in [0.2, 0.25) is 0 Å². The SMILES string of the molecule is CN(CCC1CCOCC1)C(=O)NCc1ccccc1. The fraction of sp³-hybridized carbons (Fsp3) is 0.562. The van der Waals surface area contributed by atoms with Crippen molar-refractivity contribution in [2.24, 2.45) is 5.92 Å². The van der Waals surface area contributed by atoms with E-state index in [2.05, 4.69) is 5.32 Å². The Labute approximate surface area is 121 Å². The third-order valence-electron chi connectivity index (χ3n) is 3.85. The Morgan fingerprint density at radius 3 is 2.70 bits per heavy atom. The summed E-state index contributed by atoms with van der Waals surface area (Å²) in [7, 11) is 1.86. The van der Waals surface area contributed by atoms with Crippen molar-refractivity contribution in [1.29, 1.82) is 0 Å². The fourth-order valence-electron chi connectivity index (χ4n) is 2.42. The zero-order valence-electron chi connectivity index (χ0n) is 12.2. The Hall–Kier alpha value is -1.55. The van der Waals surface area contributed by atoms with E-state index >= 15 is 0 Å². The molecule has 1 saturated heterocycles. The highest BCUT2D eigenvalue weighted by Crippen LogP contribution is 2.18. The highest BCUT2D eigenvalue weighted by atomic mass is 16.5. The molecule has 0 bridgehead atoms. The molecule has 0 aliphatic carbocycles. The van der Waals surface area contributed by atoms with Crippen molar-refractivity contribution in [1.82, 2.24) is 10.2 Å². The second kappa shape index (κ2) is 7.90. The summed E-state index contributed by atoms with van der Waals surface area (Å²) in [5, 5.41) is 2.95. The van der Waals surface area contributed by atoms with E-state index in [1.54, 1.807) is 4.90 Å². The molecule has 4 heteroatoms. The molecule has 2 rings (SSSR count). The summed E-state index contributed by atoms with van der Waals surface area (Å²) in [5.41, 5.74) is 1.12. The van der Waals surface area contributed by atoms with Crippen LogP contribution in [0.15, 0.2) is 30.3 Å². The molecule has 110 valence electrons. The van der Waals surface area contributed by atoms with Gasteiger partial charge in [-0.3, -0.25) is 0 Å². The lowest BCUT2D eigenvalue weighted by Crippen LogP contribution is -2.38. The van der Waals surface area contributed by atoms with Gasteiger partial charge in [-0.1, -0.05) is 30.3 Å². The van der Waals surface area contributed by atoms with Crippen LogP contribution in [-0.4, -0.2) is 37.7 Å². The van der Waals surface area contributed by atoms with Crippen molar-refractivity contribution in [2.45, 2.75) is 25.8 Å². The molecule has 0 radical (unpaired) electrons.